The number of likely N-dealkylation sites (N-methyl/N-ethyl adjacent to an activating group) is 1. The Balaban J connectivity index is 1.72. The maximum Gasteiger partial charge on any atom is 0.433 e. The zero-order valence-corrected chi connectivity index (χ0v) is 23.9. The molecule has 0 spiro atoms. The number of carbonyl (C=O) groups is 2. The van der Waals surface area contributed by atoms with Gasteiger partial charge in [0.1, 0.15) is 17.4 Å². The van der Waals surface area contributed by atoms with E-state index in [1.807, 2.05) is 0 Å². The molecule has 12 heteroatoms. The van der Waals surface area contributed by atoms with E-state index in [2.05, 4.69) is 10.1 Å². The molecular weight excluding hydrogens is 551 g/mol. The third-order valence-electron chi connectivity index (χ3n) is 7.11. The summed E-state index contributed by atoms with van der Waals surface area (Å²) in [6.07, 6.45) is -3.68. The molecule has 0 aliphatic heterocycles. The number of aliphatic carboxylic acids is 1. The van der Waals surface area contributed by atoms with Crippen molar-refractivity contribution in [2.75, 3.05) is 27.2 Å². The summed E-state index contributed by atoms with van der Waals surface area (Å²) in [6.45, 7) is 5.17. The molecule has 42 heavy (non-hydrogen) atoms. The lowest BCUT2D eigenvalue weighted by Crippen LogP contribution is -2.43. The van der Waals surface area contributed by atoms with Gasteiger partial charge in [0, 0.05) is 30.3 Å². The summed E-state index contributed by atoms with van der Waals surface area (Å²) in [5, 5.41) is 13.8. The molecule has 0 aliphatic carbocycles. The van der Waals surface area contributed by atoms with Crippen molar-refractivity contribution >= 4 is 17.5 Å². The largest absolute Gasteiger partial charge is 0.497 e. The first-order valence-electron chi connectivity index (χ1n) is 13.2. The van der Waals surface area contributed by atoms with Crippen LogP contribution in [0.2, 0.25) is 0 Å². The molecule has 9 nitrogen and oxygen atoms in total. The third-order valence-corrected chi connectivity index (χ3v) is 7.11. The number of carboxylic acid groups (broad SMARTS) is 1. The number of methoxy groups -OCH3 is 1. The minimum Gasteiger partial charge on any atom is -0.497 e. The first kappa shape index (κ1) is 30.5. The molecule has 2 aromatic carbocycles. The lowest BCUT2D eigenvalue weighted by atomic mass is 10.0. The Morgan fingerprint density at radius 2 is 1.69 bits per heavy atom. The maximum atomic E-state index is 14.3. The number of hydrogen-bond acceptors (Lipinski definition) is 6. The van der Waals surface area contributed by atoms with Crippen LogP contribution in [0.5, 0.6) is 5.75 Å². The molecule has 2 heterocycles. The second-order valence-corrected chi connectivity index (χ2v) is 10.2. The number of halogens is 3. The Kier molecular flexibility index (Phi) is 8.86. The summed E-state index contributed by atoms with van der Waals surface area (Å²) in [5.74, 6) is -1.08. The maximum absolute atomic E-state index is 14.3. The molecule has 4 rings (SSSR count). The summed E-state index contributed by atoms with van der Waals surface area (Å²) in [4.78, 5) is 33.5. The Labute approximate surface area is 241 Å². The van der Waals surface area contributed by atoms with E-state index in [4.69, 9.17) is 4.74 Å². The second kappa shape index (κ2) is 12.2. The predicted molar refractivity (Wildman–Crippen MR) is 150 cm³/mol. The topological polar surface area (TPSA) is 100 Å². The van der Waals surface area contributed by atoms with Crippen molar-refractivity contribution < 1.29 is 32.6 Å². The molecule has 0 aliphatic rings. The van der Waals surface area contributed by atoms with Crippen molar-refractivity contribution in [1.82, 2.24) is 24.4 Å². The number of amides is 1. The van der Waals surface area contributed by atoms with E-state index in [1.165, 1.54) is 18.9 Å². The van der Waals surface area contributed by atoms with Crippen LogP contribution >= 0.6 is 0 Å². The minimum atomic E-state index is -4.78. The van der Waals surface area contributed by atoms with Crippen LogP contribution in [0.4, 0.5) is 13.2 Å². The molecule has 0 saturated carbocycles. The summed E-state index contributed by atoms with van der Waals surface area (Å²) < 4.78 is 48.8. The second-order valence-electron chi connectivity index (χ2n) is 10.2. The Morgan fingerprint density at radius 1 is 1.05 bits per heavy atom. The van der Waals surface area contributed by atoms with Crippen molar-refractivity contribution in [2.24, 2.45) is 0 Å². The van der Waals surface area contributed by atoms with Crippen LogP contribution < -0.4 is 4.74 Å². The molecule has 0 bridgehead atoms. The molecular formula is C30H32F3N5O4. The Morgan fingerprint density at radius 3 is 2.24 bits per heavy atom. The van der Waals surface area contributed by atoms with Crippen molar-refractivity contribution in [3.8, 4) is 17.0 Å². The monoisotopic (exact) mass is 583 g/mol. The number of nitrogens with zero attached hydrogens (tertiary/aromatic N) is 5. The van der Waals surface area contributed by atoms with Gasteiger partial charge in [-0.1, -0.05) is 30.3 Å². The molecule has 222 valence electrons. The Hall–Kier alpha value is -4.45. The van der Waals surface area contributed by atoms with Crippen LogP contribution in [0.3, 0.4) is 0 Å². The normalized spacial score (nSPS) is 12.6. The molecule has 0 radical (unpaired) electrons. The first-order valence-corrected chi connectivity index (χ1v) is 13.2. The van der Waals surface area contributed by atoms with E-state index in [-0.39, 0.29) is 41.6 Å². The summed E-state index contributed by atoms with van der Waals surface area (Å²) in [6, 6.07) is 13.9. The fourth-order valence-corrected chi connectivity index (χ4v) is 4.95. The van der Waals surface area contributed by atoms with E-state index < -0.39 is 29.8 Å². The highest BCUT2D eigenvalue weighted by molar-refractivity contribution is 6.00. The number of fused-ring (bicyclic) bond motifs is 1. The average molecular weight is 584 g/mol. The lowest BCUT2D eigenvalue weighted by Gasteiger charge is -2.31. The van der Waals surface area contributed by atoms with Crippen LogP contribution in [-0.2, 0) is 11.0 Å². The van der Waals surface area contributed by atoms with Crippen molar-refractivity contribution in [2.45, 2.75) is 39.0 Å². The summed E-state index contributed by atoms with van der Waals surface area (Å²) in [5.41, 5.74) is -0.410. The SMILES string of the molecule is COc1ccc(-c2nc3c(C(=O)N(CCN(C)C(C(=O)O)c4ccccc4)C(C)C)cnn3c(C(F)(F)F)c2C)cc1. The van der Waals surface area contributed by atoms with Crippen LogP contribution in [0.25, 0.3) is 16.9 Å². The summed E-state index contributed by atoms with van der Waals surface area (Å²) in [7, 11) is 3.13. The molecule has 1 amide bonds. The number of hydrogen-bond donors (Lipinski definition) is 1. The van der Waals surface area contributed by atoms with Gasteiger partial charge in [0.05, 0.1) is 19.0 Å². The third kappa shape index (κ3) is 6.08. The zero-order valence-electron chi connectivity index (χ0n) is 23.9. The quantitative estimate of drug-likeness (QED) is 0.269. The van der Waals surface area contributed by atoms with Crippen LogP contribution in [0, 0.1) is 6.92 Å². The van der Waals surface area contributed by atoms with E-state index in [0.29, 0.717) is 21.4 Å². The number of carboxylic acids is 1. The van der Waals surface area contributed by atoms with Gasteiger partial charge in [0.15, 0.2) is 11.3 Å². The fourth-order valence-electron chi connectivity index (χ4n) is 4.95. The van der Waals surface area contributed by atoms with E-state index >= 15 is 0 Å². The lowest BCUT2D eigenvalue weighted by molar-refractivity contribution is -0.144. The molecule has 0 saturated heterocycles. The average Bonchev–Trinajstić information content (AvgIpc) is 3.35. The van der Waals surface area contributed by atoms with Gasteiger partial charge >= 0.3 is 12.1 Å². The number of ether oxygens (including phenoxy) is 1. The van der Waals surface area contributed by atoms with Gasteiger partial charge in [-0.25, -0.2) is 9.50 Å². The molecule has 2 aromatic heterocycles. The molecule has 0 fully saturated rings. The minimum absolute atomic E-state index is 0.0648. The zero-order chi connectivity index (χ0) is 30.8. The standard InChI is InChI=1S/C30H32F3N5O4/c1-18(2)37(16-15-36(4)25(29(40)41)21-9-7-6-8-10-21)28(39)23-17-34-38-26(30(31,32)33)19(3)24(35-27(23)38)20-11-13-22(42-5)14-12-20/h6-14,17-18,25H,15-16H2,1-5H3,(H,40,41). The van der Waals surface area contributed by atoms with Gasteiger partial charge < -0.3 is 14.7 Å². The highest BCUT2D eigenvalue weighted by atomic mass is 19.4. The van der Waals surface area contributed by atoms with Gasteiger partial charge in [-0.2, -0.15) is 18.3 Å². The first-order chi connectivity index (χ1) is 19.8. The van der Waals surface area contributed by atoms with E-state index in [0.717, 1.165) is 6.20 Å². The van der Waals surface area contributed by atoms with Crippen LogP contribution in [0.1, 0.15) is 47.1 Å². The molecule has 4 aromatic rings. The van der Waals surface area contributed by atoms with Gasteiger partial charge in [-0.05, 0) is 57.6 Å². The van der Waals surface area contributed by atoms with E-state index in [1.54, 1.807) is 80.4 Å². The fraction of sp³-hybridized carbons (Fsp3) is 0.333. The van der Waals surface area contributed by atoms with Gasteiger partial charge in [0.2, 0.25) is 0 Å². The van der Waals surface area contributed by atoms with E-state index in [9.17, 15) is 27.9 Å². The van der Waals surface area contributed by atoms with Crippen molar-refractivity contribution in [3.63, 3.8) is 0 Å². The number of carbonyl (C=O) groups excluding carboxylic acids is 1. The number of rotatable bonds is 10. The van der Waals surface area contributed by atoms with Crippen molar-refractivity contribution in [3.05, 3.63) is 83.2 Å². The molecule has 1 N–H and O–H groups in total. The van der Waals surface area contributed by atoms with Gasteiger partial charge in [0.25, 0.3) is 5.91 Å². The molecule has 1 atom stereocenters. The number of benzene rings is 2. The number of alkyl halides is 3. The highest BCUT2D eigenvalue weighted by Crippen LogP contribution is 2.37. The van der Waals surface area contributed by atoms with Gasteiger partial charge in [-0.3, -0.25) is 14.5 Å². The number of aromatic nitrogens is 3. The highest BCUT2D eigenvalue weighted by Gasteiger charge is 2.39. The van der Waals surface area contributed by atoms with Gasteiger partial charge in [-0.15, -0.1) is 0 Å². The van der Waals surface area contributed by atoms with Crippen LogP contribution in [0.15, 0.2) is 60.8 Å². The predicted octanol–water partition coefficient (Wildman–Crippen LogP) is 5.34. The Bertz CT molecular complexity index is 1570. The molecule has 1 unspecified atom stereocenters. The smallest absolute Gasteiger partial charge is 0.433 e. The summed E-state index contributed by atoms with van der Waals surface area (Å²) >= 11 is 0. The van der Waals surface area contributed by atoms with Crippen molar-refractivity contribution in [1.29, 1.82) is 0 Å². The van der Waals surface area contributed by atoms with Crippen LogP contribution in [-0.4, -0.2) is 74.7 Å².